The zero-order valence-corrected chi connectivity index (χ0v) is 28.1. The van der Waals surface area contributed by atoms with Crippen LogP contribution in [0.2, 0.25) is 0 Å². The molecule has 0 N–H and O–H groups in total. The lowest BCUT2D eigenvalue weighted by atomic mass is 9.99. The van der Waals surface area contributed by atoms with Crippen molar-refractivity contribution in [2.75, 3.05) is 6.54 Å². The highest BCUT2D eigenvalue weighted by atomic mass is 19.4. The van der Waals surface area contributed by atoms with E-state index in [9.17, 15) is 22.8 Å². The molecular formula is C35H43F3N2O7. The molecule has 0 spiro atoms. The Hall–Kier alpha value is -4.48. The summed E-state index contributed by atoms with van der Waals surface area (Å²) in [5, 5.41) is 0.827. The van der Waals surface area contributed by atoms with E-state index in [1.165, 1.54) is 12.1 Å². The molecule has 2 aromatic carbocycles. The number of hydrogen-bond donors (Lipinski definition) is 0. The predicted molar refractivity (Wildman–Crippen MR) is 170 cm³/mol. The summed E-state index contributed by atoms with van der Waals surface area (Å²) in [6, 6.07) is 12.0. The number of halogens is 3. The summed E-state index contributed by atoms with van der Waals surface area (Å²) in [7, 11) is 0. The molecule has 0 fully saturated rings. The Morgan fingerprint density at radius 2 is 1.62 bits per heavy atom. The largest absolute Gasteiger partial charge is 0.534 e. The van der Waals surface area contributed by atoms with Crippen LogP contribution in [0.3, 0.4) is 0 Å². The van der Waals surface area contributed by atoms with Crippen LogP contribution in [0, 0.1) is 6.92 Å². The summed E-state index contributed by atoms with van der Waals surface area (Å²) in [4.78, 5) is 35.1. The molecule has 1 aromatic heterocycles. The van der Waals surface area contributed by atoms with Gasteiger partial charge in [-0.15, -0.1) is 5.06 Å². The Labute approximate surface area is 273 Å². The average molecular weight is 661 g/mol. The van der Waals surface area contributed by atoms with E-state index < -0.39 is 35.2 Å². The van der Waals surface area contributed by atoms with Crippen molar-refractivity contribution in [2.24, 2.45) is 0 Å². The van der Waals surface area contributed by atoms with E-state index in [1.807, 2.05) is 18.2 Å². The van der Waals surface area contributed by atoms with Crippen LogP contribution >= 0.6 is 0 Å². The maximum absolute atomic E-state index is 12.9. The number of carbonyl (C=O) groups excluding carboxylic acids is 2. The first-order valence-electron chi connectivity index (χ1n) is 15.3. The molecule has 47 heavy (non-hydrogen) atoms. The molecule has 0 aliphatic carbocycles. The molecule has 3 aromatic rings. The predicted octanol–water partition coefficient (Wildman–Crippen LogP) is 9.93. The van der Waals surface area contributed by atoms with Gasteiger partial charge in [0.15, 0.2) is 0 Å². The number of hydrogen-bond acceptors (Lipinski definition) is 8. The van der Waals surface area contributed by atoms with Gasteiger partial charge in [0.1, 0.15) is 35.0 Å². The number of alkyl halides is 3. The lowest BCUT2D eigenvalue weighted by Gasteiger charge is -2.26. The number of carbonyl (C=O) groups is 2. The highest BCUT2D eigenvalue weighted by Gasteiger charge is 2.30. The minimum Gasteiger partial charge on any atom is -0.487 e. The highest BCUT2D eigenvalue weighted by Crippen LogP contribution is 2.32. The van der Waals surface area contributed by atoms with Gasteiger partial charge in [0.25, 0.3) is 0 Å². The van der Waals surface area contributed by atoms with Crippen molar-refractivity contribution in [3.63, 3.8) is 0 Å². The first kappa shape index (κ1) is 37.0. The molecule has 0 saturated carbocycles. The average Bonchev–Trinajstić information content (AvgIpc) is 3.33. The van der Waals surface area contributed by atoms with Gasteiger partial charge in [-0.05, 0) is 109 Å². The van der Waals surface area contributed by atoms with E-state index in [4.69, 9.17) is 23.5 Å². The van der Waals surface area contributed by atoms with E-state index in [0.29, 0.717) is 29.2 Å². The van der Waals surface area contributed by atoms with Gasteiger partial charge in [0, 0.05) is 5.56 Å². The van der Waals surface area contributed by atoms with Crippen molar-refractivity contribution in [1.29, 1.82) is 0 Å². The van der Waals surface area contributed by atoms with E-state index in [1.54, 1.807) is 60.6 Å². The fraction of sp³-hybridized carbons (Fsp3) is 0.457. The fourth-order valence-electron chi connectivity index (χ4n) is 4.17. The number of aryl methyl sites for hydroxylation is 1. The van der Waals surface area contributed by atoms with Crippen LogP contribution in [-0.2, 0) is 27.1 Å². The highest BCUT2D eigenvalue weighted by molar-refractivity contribution is 5.72. The number of aromatic nitrogens is 1. The number of amides is 1. The minimum atomic E-state index is -4.44. The number of benzene rings is 2. The van der Waals surface area contributed by atoms with Crippen LogP contribution in [0.5, 0.6) is 5.75 Å². The number of oxazole rings is 1. The number of rotatable bonds is 10. The third kappa shape index (κ3) is 12.0. The minimum absolute atomic E-state index is 0.0591. The Kier molecular flexibility index (Phi) is 12.1. The monoisotopic (exact) mass is 660 g/mol. The lowest BCUT2D eigenvalue weighted by molar-refractivity contribution is -0.137. The molecule has 0 bridgehead atoms. The normalized spacial score (nSPS) is 12.4. The van der Waals surface area contributed by atoms with Crippen LogP contribution in [0.1, 0.15) is 90.3 Å². The second-order valence-electron chi connectivity index (χ2n) is 12.8. The van der Waals surface area contributed by atoms with Crippen molar-refractivity contribution >= 4 is 17.8 Å². The van der Waals surface area contributed by atoms with Crippen molar-refractivity contribution in [3.05, 3.63) is 77.2 Å². The van der Waals surface area contributed by atoms with Crippen LogP contribution in [0.4, 0.5) is 22.8 Å². The van der Waals surface area contributed by atoms with Gasteiger partial charge in [-0.1, -0.05) is 31.6 Å². The topological polar surface area (TPSA) is 100 Å². The molecule has 1 amide bonds. The summed E-state index contributed by atoms with van der Waals surface area (Å²) in [5.74, 6) is 1.21. The molecule has 0 atom stereocenters. The summed E-state index contributed by atoms with van der Waals surface area (Å²) in [6.45, 7) is 13.9. The molecule has 256 valence electrons. The maximum Gasteiger partial charge on any atom is 0.534 e. The SMILES string of the molecule is CCCC/C(=C\CN(OC(=O)OC(C)(C)C)C(=O)OC(C)(C)C)c1cccc(OCc2nc(-c3ccc(C(F)(F)F)cc3)oc2C)c1. The van der Waals surface area contributed by atoms with E-state index in [0.717, 1.165) is 41.2 Å². The van der Waals surface area contributed by atoms with Gasteiger partial charge >= 0.3 is 18.4 Å². The Bertz CT molecular complexity index is 1530. The smallest absolute Gasteiger partial charge is 0.487 e. The first-order valence-corrected chi connectivity index (χ1v) is 15.3. The quantitative estimate of drug-likeness (QED) is 0.156. The van der Waals surface area contributed by atoms with Crippen molar-refractivity contribution in [3.8, 4) is 17.2 Å². The number of allylic oxidation sites excluding steroid dienone is 1. The van der Waals surface area contributed by atoms with E-state index >= 15 is 0 Å². The molecule has 12 heteroatoms. The number of hydroxylamine groups is 2. The number of nitrogens with zero attached hydrogens (tertiary/aromatic N) is 2. The van der Waals surface area contributed by atoms with Gasteiger partial charge in [-0.25, -0.2) is 14.6 Å². The second kappa shape index (κ2) is 15.4. The van der Waals surface area contributed by atoms with E-state index in [2.05, 4.69) is 11.9 Å². The molecule has 0 aliphatic rings. The molecule has 0 saturated heterocycles. The molecule has 1 heterocycles. The lowest BCUT2D eigenvalue weighted by Crippen LogP contribution is -2.40. The van der Waals surface area contributed by atoms with Crippen LogP contribution < -0.4 is 4.74 Å². The van der Waals surface area contributed by atoms with Gasteiger partial charge in [0.05, 0.1) is 12.1 Å². The van der Waals surface area contributed by atoms with E-state index in [-0.39, 0.29) is 19.0 Å². The second-order valence-corrected chi connectivity index (χ2v) is 12.8. The Morgan fingerprint density at radius 1 is 0.957 bits per heavy atom. The third-order valence-corrected chi connectivity index (χ3v) is 6.41. The van der Waals surface area contributed by atoms with Gasteiger partial charge in [-0.3, -0.25) is 4.84 Å². The molecule has 9 nitrogen and oxygen atoms in total. The molecular weight excluding hydrogens is 617 g/mol. The van der Waals surface area contributed by atoms with Crippen molar-refractivity contribution in [2.45, 2.75) is 98.6 Å². The molecule has 0 radical (unpaired) electrons. The summed E-state index contributed by atoms with van der Waals surface area (Å²) >= 11 is 0. The maximum atomic E-state index is 12.9. The third-order valence-electron chi connectivity index (χ3n) is 6.41. The zero-order valence-electron chi connectivity index (χ0n) is 28.1. The molecule has 0 unspecified atom stereocenters. The molecule has 0 aliphatic heterocycles. The van der Waals surface area contributed by atoms with Crippen molar-refractivity contribution < 1.29 is 46.2 Å². The van der Waals surface area contributed by atoms with Gasteiger partial charge < -0.3 is 18.6 Å². The zero-order chi connectivity index (χ0) is 35.0. The van der Waals surface area contributed by atoms with Crippen LogP contribution in [0.15, 0.2) is 59.0 Å². The summed E-state index contributed by atoms with van der Waals surface area (Å²) in [5.41, 5.74) is 0.228. The Morgan fingerprint density at radius 3 is 2.21 bits per heavy atom. The van der Waals surface area contributed by atoms with Crippen molar-refractivity contribution in [1.82, 2.24) is 10.0 Å². The van der Waals surface area contributed by atoms with Crippen LogP contribution in [-0.4, -0.2) is 40.0 Å². The fourth-order valence-corrected chi connectivity index (χ4v) is 4.17. The van der Waals surface area contributed by atoms with Gasteiger partial charge in [-0.2, -0.15) is 13.2 Å². The standard InChI is InChI=1S/C35H43F3N2O7/c1-9-10-12-24(19-20-40(31(41)45-33(3,4)5)47-32(42)46-34(6,7)8)26-13-11-14-28(21-26)43-22-29-23(2)44-30(39-29)25-15-17-27(18-16-25)35(36,37)38/h11,13-19,21H,9-10,12,20,22H2,1-8H3/b24-19+. The number of ether oxygens (including phenoxy) is 3. The Balaban J connectivity index is 1.79. The summed E-state index contributed by atoms with van der Waals surface area (Å²) in [6.07, 6.45) is -2.06. The van der Waals surface area contributed by atoms with Crippen LogP contribution in [0.25, 0.3) is 17.0 Å². The first-order chi connectivity index (χ1) is 21.8. The number of unbranched alkanes of at least 4 members (excludes halogenated alkanes) is 1. The van der Waals surface area contributed by atoms with Gasteiger partial charge in [0.2, 0.25) is 5.89 Å². The summed E-state index contributed by atoms with van der Waals surface area (Å²) < 4.78 is 61.3. The molecule has 3 rings (SSSR count).